The largest absolute Gasteiger partial charge is 0.484 e. The summed E-state index contributed by atoms with van der Waals surface area (Å²) >= 11 is 5.66. The van der Waals surface area contributed by atoms with Gasteiger partial charge in [0.2, 0.25) is 0 Å². The third-order valence-electron chi connectivity index (χ3n) is 3.50. The summed E-state index contributed by atoms with van der Waals surface area (Å²) in [6.07, 6.45) is -0.367. The number of carbonyl (C=O) groups excluding carboxylic acids is 1. The number of aliphatic hydroxyl groups is 1. The highest BCUT2D eigenvalue weighted by atomic mass is 35.5. The van der Waals surface area contributed by atoms with Crippen molar-refractivity contribution in [2.45, 2.75) is 13.0 Å². The van der Waals surface area contributed by atoms with Gasteiger partial charge in [0.1, 0.15) is 11.6 Å². The molecule has 0 bridgehead atoms. The number of benzene rings is 1. The second-order valence-corrected chi connectivity index (χ2v) is 5.80. The van der Waals surface area contributed by atoms with E-state index in [9.17, 15) is 14.3 Å². The fourth-order valence-corrected chi connectivity index (χ4v) is 2.53. The number of amides is 1. The van der Waals surface area contributed by atoms with E-state index in [1.165, 1.54) is 18.2 Å². The third-order valence-corrected chi connectivity index (χ3v) is 3.79. The van der Waals surface area contributed by atoms with Crippen molar-refractivity contribution < 1.29 is 19.0 Å². The number of ether oxygens (including phenoxy) is 1. The number of rotatable bonds is 5. The minimum absolute atomic E-state index is 0.0308. The average Bonchev–Trinajstić information content (AvgIpc) is 2.48. The molecule has 0 unspecified atom stereocenters. The van der Waals surface area contributed by atoms with E-state index in [2.05, 4.69) is 4.90 Å². The molecule has 5 nitrogen and oxygen atoms in total. The lowest BCUT2D eigenvalue weighted by Crippen LogP contribution is -2.51. The first-order chi connectivity index (χ1) is 10.5. The summed E-state index contributed by atoms with van der Waals surface area (Å²) < 4.78 is 18.4. The van der Waals surface area contributed by atoms with Gasteiger partial charge in [-0.15, -0.1) is 0 Å². The van der Waals surface area contributed by atoms with Crippen LogP contribution in [0.15, 0.2) is 18.2 Å². The molecule has 2 rings (SSSR count). The lowest BCUT2D eigenvalue weighted by atomic mass is 10.2. The highest BCUT2D eigenvalue weighted by Crippen LogP contribution is 2.21. The number of β-amino-alcohol motifs (C(OH)–C–C–N with tert-alkyl or cyclic N) is 1. The van der Waals surface area contributed by atoms with E-state index in [0.29, 0.717) is 25.4 Å². The molecule has 1 fully saturated rings. The molecule has 1 aromatic carbocycles. The SMILES string of the molecule is C[C@@H](O)CN1CCN(C(=O)COc2ccc(F)c(Cl)c2)CC1. The van der Waals surface area contributed by atoms with Gasteiger partial charge < -0.3 is 14.7 Å². The Morgan fingerprint density at radius 2 is 2.09 bits per heavy atom. The van der Waals surface area contributed by atoms with Crippen molar-refractivity contribution in [1.29, 1.82) is 0 Å². The van der Waals surface area contributed by atoms with Crippen LogP contribution in [0.4, 0.5) is 4.39 Å². The minimum atomic E-state index is -0.519. The van der Waals surface area contributed by atoms with Crippen LogP contribution in [0.2, 0.25) is 5.02 Å². The summed E-state index contributed by atoms with van der Waals surface area (Å²) in [5, 5.41) is 9.32. The Kier molecular flexibility index (Phi) is 5.99. The van der Waals surface area contributed by atoms with Crippen molar-refractivity contribution in [3.05, 3.63) is 29.0 Å². The van der Waals surface area contributed by atoms with E-state index < -0.39 is 5.82 Å². The van der Waals surface area contributed by atoms with Gasteiger partial charge in [0.15, 0.2) is 6.61 Å². The first-order valence-corrected chi connectivity index (χ1v) is 7.59. The van der Waals surface area contributed by atoms with Crippen molar-refractivity contribution in [1.82, 2.24) is 9.80 Å². The van der Waals surface area contributed by atoms with Crippen molar-refractivity contribution in [2.75, 3.05) is 39.3 Å². The van der Waals surface area contributed by atoms with Crippen molar-refractivity contribution in [2.24, 2.45) is 0 Å². The molecule has 0 spiro atoms. The Hall–Kier alpha value is -1.37. The molecule has 0 radical (unpaired) electrons. The highest BCUT2D eigenvalue weighted by molar-refractivity contribution is 6.30. The highest BCUT2D eigenvalue weighted by Gasteiger charge is 2.22. The number of piperazine rings is 1. The zero-order valence-corrected chi connectivity index (χ0v) is 13.2. The maximum atomic E-state index is 13.0. The van der Waals surface area contributed by atoms with Gasteiger partial charge in [0.05, 0.1) is 11.1 Å². The van der Waals surface area contributed by atoms with Gasteiger partial charge in [-0.3, -0.25) is 9.69 Å². The molecule has 1 heterocycles. The third kappa shape index (κ3) is 4.83. The lowest BCUT2D eigenvalue weighted by molar-refractivity contribution is -0.135. The summed E-state index contributed by atoms with van der Waals surface area (Å²) in [7, 11) is 0. The standard InChI is InChI=1S/C15H20ClFN2O3/c1-11(20)9-18-4-6-19(7-5-18)15(21)10-22-12-2-3-14(17)13(16)8-12/h2-3,8,11,20H,4-7,9-10H2,1H3/t11-/m1/s1. The molecule has 1 aliphatic heterocycles. The second kappa shape index (κ2) is 7.76. The van der Waals surface area contributed by atoms with Crippen LogP contribution >= 0.6 is 11.6 Å². The van der Waals surface area contributed by atoms with Gasteiger partial charge in [-0.1, -0.05) is 11.6 Å². The van der Waals surface area contributed by atoms with E-state index in [0.717, 1.165) is 13.1 Å². The molecule has 1 N–H and O–H groups in total. The van der Waals surface area contributed by atoms with Crippen LogP contribution in [0.3, 0.4) is 0 Å². The van der Waals surface area contributed by atoms with Crippen molar-refractivity contribution in [3.8, 4) is 5.75 Å². The normalized spacial score (nSPS) is 17.4. The Balaban J connectivity index is 1.77. The molecular weight excluding hydrogens is 311 g/mol. The van der Waals surface area contributed by atoms with Crippen molar-refractivity contribution in [3.63, 3.8) is 0 Å². The zero-order valence-electron chi connectivity index (χ0n) is 12.5. The van der Waals surface area contributed by atoms with Gasteiger partial charge in [-0.2, -0.15) is 0 Å². The quantitative estimate of drug-likeness (QED) is 0.886. The Bertz CT molecular complexity index is 520. The molecule has 0 aromatic heterocycles. The van der Waals surface area contributed by atoms with Gasteiger partial charge in [0.25, 0.3) is 5.91 Å². The number of nitrogens with zero attached hydrogens (tertiary/aromatic N) is 2. The molecule has 1 aliphatic rings. The average molecular weight is 331 g/mol. The maximum Gasteiger partial charge on any atom is 0.260 e. The van der Waals surface area contributed by atoms with Gasteiger partial charge in [0, 0.05) is 38.8 Å². The van der Waals surface area contributed by atoms with Crippen LogP contribution in [-0.2, 0) is 4.79 Å². The molecule has 22 heavy (non-hydrogen) atoms. The lowest BCUT2D eigenvalue weighted by Gasteiger charge is -2.35. The maximum absolute atomic E-state index is 13.0. The van der Waals surface area contributed by atoms with E-state index in [-0.39, 0.29) is 23.6 Å². The number of halogens is 2. The molecular formula is C15H20ClFN2O3. The predicted octanol–water partition coefficient (Wildman–Crippen LogP) is 1.38. The number of hydrogen-bond acceptors (Lipinski definition) is 4. The van der Waals surface area contributed by atoms with Crippen LogP contribution in [0.25, 0.3) is 0 Å². The molecule has 1 aromatic rings. The molecule has 1 atom stereocenters. The number of hydrogen-bond donors (Lipinski definition) is 1. The first-order valence-electron chi connectivity index (χ1n) is 7.22. The molecule has 1 amide bonds. The van der Waals surface area contributed by atoms with Gasteiger partial charge in [-0.25, -0.2) is 4.39 Å². The summed E-state index contributed by atoms with van der Waals surface area (Å²) in [6.45, 7) is 4.96. The van der Waals surface area contributed by atoms with E-state index in [1.807, 2.05) is 0 Å². The molecule has 0 saturated carbocycles. The van der Waals surface area contributed by atoms with Gasteiger partial charge in [-0.05, 0) is 19.1 Å². The van der Waals surface area contributed by atoms with Crippen LogP contribution in [0.5, 0.6) is 5.75 Å². The summed E-state index contributed by atoms with van der Waals surface area (Å²) in [5.74, 6) is -0.265. The van der Waals surface area contributed by atoms with Crippen LogP contribution in [-0.4, -0.2) is 66.2 Å². The smallest absolute Gasteiger partial charge is 0.260 e. The van der Waals surface area contributed by atoms with Crippen LogP contribution < -0.4 is 4.74 Å². The van der Waals surface area contributed by atoms with Crippen molar-refractivity contribution >= 4 is 17.5 Å². The Labute approximate surface area is 134 Å². The van der Waals surface area contributed by atoms with Crippen LogP contribution in [0, 0.1) is 5.82 Å². The molecule has 7 heteroatoms. The second-order valence-electron chi connectivity index (χ2n) is 5.40. The molecule has 1 saturated heterocycles. The topological polar surface area (TPSA) is 53.0 Å². The monoisotopic (exact) mass is 330 g/mol. The van der Waals surface area contributed by atoms with E-state index in [1.54, 1.807) is 11.8 Å². The number of carbonyl (C=O) groups is 1. The summed E-state index contributed by atoms with van der Waals surface area (Å²) in [6, 6.07) is 4.00. The van der Waals surface area contributed by atoms with E-state index in [4.69, 9.17) is 16.3 Å². The fourth-order valence-electron chi connectivity index (χ4n) is 2.36. The molecule has 122 valence electrons. The Morgan fingerprint density at radius 1 is 1.41 bits per heavy atom. The minimum Gasteiger partial charge on any atom is -0.484 e. The summed E-state index contributed by atoms with van der Waals surface area (Å²) in [4.78, 5) is 15.9. The predicted molar refractivity (Wildman–Crippen MR) is 81.6 cm³/mol. The van der Waals surface area contributed by atoms with Crippen LogP contribution in [0.1, 0.15) is 6.92 Å². The van der Waals surface area contributed by atoms with E-state index >= 15 is 0 Å². The summed E-state index contributed by atoms with van der Waals surface area (Å²) in [5.41, 5.74) is 0. The molecule has 0 aliphatic carbocycles. The van der Waals surface area contributed by atoms with Gasteiger partial charge >= 0.3 is 0 Å². The number of aliphatic hydroxyl groups excluding tert-OH is 1. The fraction of sp³-hybridized carbons (Fsp3) is 0.533. The first kappa shape index (κ1) is 17.0. The zero-order chi connectivity index (χ0) is 16.1. The Morgan fingerprint density at radius 3 is 2.68 bits per heavy atom.